The van der Waals surface area contributed by atoms with Crippen molar-refractivity contribution in [3.8, 4) is 0 Å². The van der Waals surface area contributed by atoms with Crippen LogP contribution in [0.15, 0.2) is 0 Å². The van der Waals surface area contributed by atoms with Crippen LogP contribution in [-0.4, -0.2) is 13.1 Å². The fraction of sp³-hybridized carbons (Fsp3) is 1.00. The number of unbranched alkanes of at least 4 members (excludes halogenated alkanes) is 2. The molecule has 0 heterocycles. The number of hydrogen-bond donors (Lipinski definition) is 1. The lowest BCUT2D eigenvalue weighted by molar-refractivity contribution is 0.288. The van der Waals surface area contributed by atoms with Crippen LogP contribution < -0.4 is 5.32 Å². The van der Waals surface area contributed by atoms with Gasteiger partial charge in [-0.25, -0.2) is 0 Å². The molecule has 0 aromatic carbocycles. The Morgan fingerprint density at radius 2 is 1.69 bits per heavy atom. The van der Waals surface area contributed by atoms with E-state index in [-0.39, 0.29) is 0 Å². The predicted octanol–water partition coefficient (Wildman–Crippen LogP) is 3.45. The Morgan fingerprint density at radius 3 is 2.15 bits per heavy atom. The third-order valence-electron chi connectivity index (χ3n) is 3.40. The van der Waals surface area contributed by atoms with Crippen molar-refractivity contribution in [2.45, 2.75) is 59.4 Å². The third-order valence-corrected chi connectivity index (χ3v) is 3.40. The highest BCUT2D eigenvalue weighted by molar-refractivity contribution is 4.71. The lowest BCUT2D eigenvalue weighted by Gasteiger charge is -2.25. The van der Waals surface area contributed by atoms with Gasteiger partial charge in [0.15, 0.2) is 0 Å². The van der Waals surface area contributed by atoms with Crippen LogP contribution in [0.4, 0.5) is 0 Å². The zero-order chi connectivity index (χ0) is 10.3. The Bertz CT molecular complexity index is 112. The van der Waals surface area contributed by atoms with E-state index in [9.17, 15) is 0 Å². The fourth-order valence-electron chi connectivity index (χ4n) is 1.73. The van der Waals surface area contributed by atoms with E-state index in [2.05, 4.69) is 40.1 Å². The number of rotatable bonds is 7. The van der Waals surface area contributed by atoms with Gasteiger partial charge in [0.25, 0.3) is 0 Å². The normalized spacial score (nSPS) is 18.2. The van der Waals surface area contributed by atoms with Gasteiger partial charge in [0.05, 0.1) is 0 Å². The van der Waals surface area contributed by atoms with Crippen LogP contribution in [0.5, 0.6) is 0 Å². The molecule has 1 N–H and O–H groups in total. The summed E-state index contributed by atoms with van der Waals surface area (Å²) in [6.45, 7) is 9.29. The first-order valence-corrected chi connectivity index (χ1v) is 5.80. The summed E-state index contributed by atoms with van der Waals surface area (Å²) in [6.07, 6.45) is 5.52. The highest BCUT2D eigenvalue weighted by atomic mass is 14.9. The standard InChI is InChI=1S/C12H27N/c1-6-7-8-9-10(2)11(3)12(4)13-5/h10-13H,6-9H2,1-5H3. The van der Waals surface area contributed by atoms with E-state index < -0.39 is 0 Å². The van der Waals surface area contributed by atoms with Gasteiger partial charge in [-0.15, -0.1) is 0 Å². The minimum atomic E-state index is 0.650. The van der Waals surface area contributed by atoms with E-state index >= 15 is 0 Å². The Balaban J connectivity index is 3.62. The molecule has 1 nitrogen and oxygen atoms in total. The summed E-state index contributed by atoms with van der Waals surface area (Å²) >= 11 is 0. The van der Waals surface area contributed by atoms with Crippen LogP contribution in [0, 0.1) is 11.8 Å². The Hall–Kier alpha value is -0.0400. The summed E-state index contributed by atoms with van der Waals surface area (Å²) in [7, 11) is 2.06. The van der Waals surface area contributed by atoms with E-state index in [4.69, 9.17) is 0 Å². The largest absolute Gasteiger partial charge is 0.317 e. The van der Waals surface area contributed by atoms with Crippen LogP contribution in [0.3, 0.4) is 0 Å². The molecular formula is C12H27N. The topological polar surface area (TPSA) is 12.0 Å². The molecule has 3 atom stereocenters. The quantitative estimate of drug-likeness (QED) is 0.599. The van der Waals surface area contributed by atoms with Crippen molar-refractivity contribution in [1.29, 1.82) is 0 Å². The number of hydrogen-bond acceptors (Lipinski definition) is 1. The van der Waals surface area contributed by atoms with Crippen molar-refractivity contribution in [1.82, 2.24) is 5.32 Å². The first-order chi connectivity index (χ1) is 6.13. The maximum absolute atomic E-state index is 3.34. The molecule has 0 rings (SSSR count). The van der Waals surface area contributed by atoms with Crippen molar-refractivity contribution in [2.75, 3.05) is 7.05 Å². The first-order valence-electron chi connectivity index (χ1n) is 5.80. The Morgan fingerprint density at radius 1 is 1.08 bits per heavy atom. The lowest BCUT2D eigenvalue weighted by Crippen LogP contribution is -2.32. The molecule has 0 aliphatic carbocycles. The summed E-state index contributed by atoms with van der Waals surface area (Å²) in [5.41, 5.74) is 0. The molecule has 0 aliphatic rings. The summed E-state index contributed by atoms with van der Waals surface area (Å²) in [4.78, 5) is 0. The molecule has 1 heteroatoms. The second kappa shape index (κ2) is 7.37. The van der Waals surface area contributed by atoms with Gasteiger partial charge in [0.2, 0.25) is 0 Å². The van der Waals surface area contributed by atoms with Gasteiger partial charge in [0, 0.05) is 6.04 Å². The van der Waals surface area contributed by atoms with Crippen LogP contribution in [0.2, 0.25) is 0 Å². The van der Waals surface area contributed by atoms with Gasteiger partial charge >= 0.3 is 0 Å². The molecule has 0 amide bonds. The van der Waals surface area contributed by atoms with Crippen molar-refractivity contribution in [3.63, 3.8) is 0 Å². The highest BCUT2D eigenvalue weighted by Crippen LogP contribution is 2.21. The van der Waals surface area contributed by atoms with Crippen LogP contribution in [0.25, 0.3) is 0 Å². The Labute approximate surface area is 84.3 Å². The average molecular weight is 185 g/mol. The zero-order valence-electron chi connectivity index (χ0n) is 10.1. The maximum atomic E-state index is 3.34. The van der Waals surface area contributed by atoms with Gasteiger partial charge < -0.3 is 5.32 Å². The highest BCUT2D eigenvalue weighted by Gasteiger charge is 2.16. The number of nitrogens with one attached hydrogen (secondary N) is 1. The summed E-state index contributed by atoms with van der Waals surface area (Å²) in [5, 5.41) is 3.34. The molecule has 0 saturated heterocycles. The monoisotopic (exact) mass is 185 g/mol. The Kier molecular flexibility index (Phi) is 7.35. The smallest absolute Gasteiger partial charge is 0.00639 e. The van der Waals surface area contributed by atoms with E-state index in [1.165, 1.54) is 25.7 Å². The molecule has 3 unspecified atom stereocenters. The summed E-state index contributed by atoms with van der Waals surface area (Å²) in [5.74, 6) is 1.65. The molecule has 0 fully saturated rings. The third kappa shape index (κ3) is 5.30. The molecule has 80 valence electrons. The molecule has 0 spiro atoms. The van der Waals surface area contributed by atoms with E-state index in [0.717, 1.165) is 11.8 Å². The molecule has 0 bridgehead atoms. The van der Waals surface area contributed by atoms with Gasteiger partial charge in [-0.3, -0.25) is 0 Å². The van der Waals surface area contributed by atoms with Crippen LogP contribution in [0.1, 0.15) is 53.4 Å². The second-order valence-electron chi connectivity index (χ2n) is 4.41. The van der Waals surface area contributed by atoms with Crippen molar-refractivity contribution in [2.24, 2.45) is 11.8 Å². The van der Waals surface area contributed by atoms with E-state index in [1.807, 2.05) is 0 Å². The van der Waals surface area contributed by atoms with E-state index in [0.29, 0.717) is 6.04 Å². The fourth-order valence-corrected chi connectivity index (χ4v) is 1.73. The van der Waals surface area contributed by atoms with E-state index in [1.54, 1.807) is 0 Å². The predicted molar refractivity (Wildman–Crippen MR) is 61.0 cm³/mol. The van der Waals surface area contributed by atoms with Crippen molar-refractivity contribution >= 4 is 0 Å². The van der Waals surface area contributed by atoms with Gasteiger partial charge in [0.1, 0.15) is 0 Å². The summed E-state index contributed by atoms with van der Waals surface area (Å²) in [6, 6.07) is 0.650. The molecule has 0 aromatic rings. The zero-order valence-corrected chi connectivity index (χ0v) is 10.1. The molecule has 13 heavy (non-hydrogen) atoms. The van der Waals surface area contributed by atoms with Crippen LogP contribution in [-0.2, 0) is 0 Å². The van der Waals surface area contributed by atoms with Crippen LogP contribution >= 0.6 is 0 Å². The molecule has 0 saturated carbocycles. The maximum Gasteiger partial charge on any atom is 0.00639 e. The molecule has 0 aromatic heterocycles. The SMILES string of the molecule is CCCCCC(C)C(C)C(C)NC. The van der Waals surface area contributed by atoms with Crippen molar-refractivity contribution in [3.05, 3.63) is 0 Å². The van der Waals surface area contributed by atoms with Gasteiger partial charge in [-0.2, -0.15) is 0 Å². The molecule has 0 aliphatic heterocycles. The van der Waals surface area contributed by atoms with Crippen molar-refractivity contribution < 1.29 is 0 Å². The van der Waals surface area contributed by atoms with Gasteiger partial charge in [-0.1, -0.05) is 46.5 Å². The minimum Gasteiger partial charge on any atom is -0.317 e. The lowest BCUT2D eigenvalue weighted by atomic mass is 9.86. The minimum absolute atomic E-state index is 0.650. The molecule has 0 radical (unpaired) electrons. The van der Waals surface area contributed by atoms with Gasteiger partial charge in [-0.05, 0) is 25.8 Å². The molecular weight excluding hydrogens is 158 g/mol. The second-order valence-corrected chi connectivity index (χ2v) is 4.41. The first kappa shape index (κ1) is 13.0. The average Bonchev–Trinajstić information content (AvgIpc) is 2.15. The summed E-state index contributed by atoms with van der Waals surface area (Å²) < 4.78 is 0.